The number of nitrogens with one attached hydrogen (secondary N) is 2. The van der Waals surface area contributed by atoms with Crippen molar-refractivity contribution in [3.8, 4) is 11.5 Å². The Bertz CT molecular complexity index is 2510. The smallest absolute Gasteiger partial charge is 0.329 e. The third kappa shape index (κ3) is 8.87. The number of carbonyl (C=O) groups is 3. The molecule has 4 aromatic heterocycles. The van der Waals surface area contributed by atoms with Crippen molar-refractivity contribution >= 4 is 34.4 Å². The molecule has 2 aliphatic heterocycles. The maximum absolute atomic E-state index is 14.2. The van der Waals surface area contributed by atoms with Crippen molar-refractivity contribution in [2.75, 3.05) is 32.0 Å². The van der Waals surface area contributed by atoms with Crippen molar-refractivity contribution in [3.05, 3.63) is 82.1 Å². The molecule has 62 heavy (non-hydrogen) atoms. The van der Waals surface area contributed by atoms with Crippen LogP contribution in [0, 0.1) is 11.8 Å². The number of imide groups is 1. The second-order valence-electron chi connectivity index (χ2n) is 17.8. The van der Waals surface area contributed by atoms with E-state index in [2.05, 4.69) is 42.5 Å². The second-order valence-corrected chi connectivity index (χ2v) is 17.8. The molecule has 1 atom stereocenters. The van der Waals surface area contributed by atoms with Crippen molar-refractivity contribution < 1.29 is 27.6 Å². The van der Waals surface area contributed by atoms with Gasteiger partial charge in [-0.1, -0.05) is 25.0 Å². The molecule has 4 fully saturated rings. The molecule has 4 aliphatic rings. The predicted molar refractivity (Wildman–Crippen MR) is 226 cm³/mol. The molecule has 2 saturated heterocycles. The first kappa shape index (κ1) is 41.8. The first-order chi connectivity index (χ1) is 30.0. The lowest BCUT2D eigenvalue weighted by atomic mass is 9.85. The van der Waals surface area contributed by atoms with Crippen LogP contribution in [0.4, 0.5) is 14.5 Å². The molecule has 2 aliphatic carbocycles. The number of likely N-dealkylation sites (tertiary alicyclic amines) is 1. The number of benzene rings is 1. The number of aryl methyl sites for hydroxylation is 2. The van der Waals surface area contributed by atoms with Crippen LogP contribution in [-0.2, 0) is 29.6 Å². The molecule has 9 rings (SSSR count). The van der Waals surface area contributed by atoms with Crippen molar-refractivity contribution in [2.24, 2.45) is 18.9 Å². The zero-order valence-electron chi connectivity index (χ0n) is 35.3. The third-order valence-corrected chi connectivity index (χ3v) is 13.5. The van der Waals surface area contributed by atoms with Gasteiger partial charge in [0.25, 0.3) is 12.3 Å². The molecule has 2 saturated carbocycles. The average Bonchev–Trinajstić information content (AvgIpc) is 3.67. The SMILES string of the molecule is CN(CC1CCC(n2cc(NC(=O)c3coc(-c4ccnc(CCC5CC5)c4)n3)c(C(F)F)n2)CC1)C1CCN(Cc2cccc3c2n(C)c(=O)n3C2CCC(=O)NC2=O)CC1. The topological polar surface area (TPSA) is 165 Å². The van der Waals surface area contributed by atoms with E-state index in [0.717, 1.165) is 93.7 Å². The highest BCUT2D eigenvalue weighted by molar-refractivity contribution is 6.03. The van der Waals surface area contributed by atoms with E-state index in [9.17, 15) is 28.0 Å². The summed E-state index contributed by atoms with van der Waals surface area (Å²) in [5.41, 5.74) is 3.43. The number of nitrogens with zero attached hydrogens (tertiary/aromatic N) is 8. The van der Waals surface area contributed by atoms with Crippen molar-refractivity contribution in [3.63, 3.8) is 0 Å². The highest BCUT2D eigenvalue weighted by atomic mass is 19.3. The number of carbonyl (C=O) groups excluding carboxylic acids is 3. The van der Waals surface area contributed by atoms with E-state index in [4.69, 9.17) is 4.42 Å². The summed E-state index contributed by atoms with van der Waals surface area (Å²) in [4.78, 5) is 64.8. The number of rotatable bonds is 14. The van der Waals surface area contributed by atoms with Crippen LogP contribution in [-0.4, -0.2) is 89.1 Å². The Morgan fingerprint density at radius 3 is 2.53 bits per heavy atom. The number of fused-ring (bicyclic) bond motifs is 1. The Balaban J connectivity index is 0.760. The summed E-state index contributed by atoms with van der Waals surface area (Å²) >= 11 is 0. The van der Waals surface area contributed by atoms with Crippen LogP contribution >= 0.6 is 0 Å². The molecule has 17 heteroatoms. The largest absolute Gasteiger partial charge is 0.444 e. The molecule has 15 nitrogen and oxygen atoms in total. The van der Waals surface area contributed by atoms with Gasteiger partial charge in [0.05, 0.1) is 22.8 Å². The van der Waals surface area contributed by atoms with E-state index in [1.54, 1.807) is 28.6 Å². The standard InChI is InChI=1S/C45H54F2N10O5/c1-53(32-17-20-55(21-18-32)24-30-4-3-5-36-40(30)54(2)45(61)57(36)37-14-15-38(58)51-43(37)60)23-28-9-12-33(13-10-28)56-25-34(39(52-56)41(46)47)49-42(59)35-26-62-44(50-35)29-16-19-48-31(22-29)11-8-27-6-7-27/h3-5,16,19,22,25-28,32-33,37,41H,6-15,17-18,20-21,23-24H2,1-2H3,(H,49,59)(H,51,58,60). The van der Waals surface area contributed by atoms with Crippen molar-refractivity contribution in [1.82, 2.24) is 44.0 Å². The van der Waals surface area contributed by atoms with Gasteiger partial charge in [0.1, 0.15) is 12.3 Å². The maximum atomic E-state index is 14.2. The summed E-state index contributed by atoms with van der Waals surface area (Å²) in [6.07, 6.45) is 12.1. The minimum absolute atomic E-state index is 0.00965. The van der Waals surface area contributed by atoms with Gasteiger partial charge in [-0.05, 0) is 114 Å². The number of para-hydroxylation sites is 1. The lowest BCUT2D eigenvalue weighted by molar-refractivity contribution is -0.135. The summed E-state index contributed by atoms with van der Waals surface area (Å²) in [6, 6.07) is 9.20. The van der Waals surface area contributed by atoms with Gasteiger partial charge in [-0.15, -0.1) is 0 Å². The van der Waals surface area contributed by atoms with Gasteiger partial charge < -0.3 is 14.6 Å². The fraction of sp³-hybridized carbons (Fsp3) is 0.533. The summed E-state index contributed by atoms with van der Waals surface area (Å²) in [7, 11) is 3.93. The van der Waals surface area contributed by atoms with E-state index in [1.807, 2.05) is 24.3 Å². The van der Waals surface area contributed by atoms with Gasteiger partial charge in [0.15, 0.2) is 11.4 Å². The average molecular weight is 853 g/mol. The molecular weight excluding hydrogens is 799 g/mol. The zero-order valence-corrected chi connectivity index (χ0v) is 35.3. The number of piperidine rings is 2. The number of hydrogen-bond acceptors (Lipinski definition) is 10. The molecule has 1 aromatic carbocycles. The molecule has 1 unspecified atom stereocenters. The van der Waals surface area contributed by atoms with Crippen LogP contribution in [0.25, 0.3) is 22.5 Å². The normalized spacial score (nSPS) is 21.6. The molecule has 0 radical (unpaired) electrons. The van der Waals surface area contributed by atoms with E-state index in [0.29, 0.717) is 36.0 Å². The number of imidazole rings is 1. The number of aromatic nitrogens is 6. The van der Waals surface area contributed by atoms with E-state index < -0.39 is 30.0 Å². The first-order valence-electron chi connectivity index (χ1n) is 22.0. The summed E-state index contributed by atoms with van der Waals surface area (Å²) in [5, 5.41) is 9.26. The Hall–Kier alpha value is -5.55. The Morgan fingerprint density at radius 1 is 1.02 bits per heavy atom. The Morgan fingerprint density at radius 2 is 1.79 bits per heavy atom. The van der Waals surface area contributed by atoms with E-state index in [-0.39, 0.29) is 41.3 Å². The molecular formula is C45H54F2N10O5. The lowest BCUT2D eigenvalue weighted by Gasteiger charge is -2.39. The van der Waals surface area contributed by atoms with Gasteiger partial charge in [-0.2, -0.15) is 5.10 Å². The van der Waals surface area contributed by atoms with Gasteiger partial charge in [0, 0.05) is 56.3 Å². The molecule has 3 amide bonds. The van der Waals surface area contributed by atoms with E-state index in [1.165, 1.54) is 29.9 Å². The number of alkyl halides is 2. The number of halogens is 2. The molecule has 2 N–H and O–H groups in total. The quantitative estimate of drug-likeness (QED) is 0.119. The van der Waals surface area contributed by atoms with Gasteiger partial charge in [-0.3, -0.25) is 43.4 Å². The van der Waals surface area contributed by atoms with Crippen LogP contribution in [0.1, 0.15) is 117 Å². The highest BCUT2D eigenvalue weighted by Gasteiger charge is 2.33. The number of anilines is 1. The zero-order chi connectivity index (χ0) is 43.1. The van der Waals surface area contributed by atoms with Crippen LogP contribution in [0.5, 0.6) is 0 Å². The number of amides is 3. The number of oxazole rings is 1. The fourth-order valence-corrected chi connectivity index (χ4v) is 9.84. The second kappa shape index (κ2) is 17.7. The Kier molecular flexibility index (Phi) is 11.9. The molecule has 6 heterocycles. The van der Waals surface area contributed by atoms with E-state index >= 15 is 0 Å². The maximum Gasteiger partial charge on any atom is 0.329 e. The molecule has 0 spiro atoms. The predicted octanol–water partition coefficient (Wildman–Crippen LogP) is 6.42. The van der Waals surface area contributed by atoms with Crippen LogP contribution in [0.3, 0.4) is 0 Å². The monoisotopic (exact) mass is 852 g/mol. The van der Waals surface area contributed by atoms with Crippen LogP contribution in [0.15, 0.2) is 58.2 Å². The van der Waals surface area contributed by atoms with Gasteiger partial charge in [-0.25, -0.2) is 18.6 Å². The third-order valence-electron chi connectivity index (χ3n) is 13.5. The van der Waals surface area contributed by atoms with Crippen LogP contribution in [0.2, 0.25) is 0 Å². The number of pyridine rings is 1. The van der Waals surface area contributed by atoms with Gasteiger partial charge in [0.2, 0.25) is 17.7 Å². The summed E-state index contributed by atoms with van der Waals surface area (Å²) in [5.74, 6) is 0.127. The summed E-state index contributed by atoms with van der Waals surface area (Å²) < 4.78 is 38.8. The first-order valence-corrected chi connectivity index (χ1v) is 22.0. The molecule has 0 bridgehead atoms. The molecule has 5 aromatic rings. The minimum atomic E-state index is -2.86. The fourth-order valence-electron chi connectivity index (χ4n) is 9.84. The molecule has 328 valence electrons. The van der Waals surface area contributed by atoms with Gasteiger partial charge >= 0.3 is 5.69 Å². The van der Waals surface area contributed by atoms with Crippen molar-refractivity contribution in [1.29, 1.82) is 0 Å². The highest BCUT2D eigenvalue weighted by Crippen LogP contribution is 2.37. The van der Waals surface area contributed by atoms with Crippen LogP contribution < -0.4 is 16.3 Å². The lowest BCUT2D eigenvalue weighted by Crippen LogP contribution is -2.44. The number of hydrogen-bond donors (Lipinski definition) is 2. The summed E-state index contributed by atoms with van der Waals surface area (Å²) in [6.45, 7) is 3.46. The van der Waals surface area contributed by atoms with Crippen molar-refractivity contribution in [2.45, 2.75) is 108 Å². The Labute approximate surface area is 357 Å². The minimum Gasteiger partial charge on any atom is -0.444 e.